The highest BCUT2D eigenvalue weighted by Gasteiger charge is 2.20. The van der Waals surface area contributed by atoms with Crippen molar-refractivity contribution in [2.45, 2.75) is 6.54 Å². The number of fused-ring (bicyclic) bond motifs is 2. The van der Waals surface area contributed by atoms with E-state index in [1.807, 2.05) is 48.5 Å². The van der Waals surface area contributed by atoms with Gasteiger partial charge >= 0.3 is 0 Å². The summed E-state index contributed by atoms with van der Waals surface area (Å²) >= 11 is 6.42. The van der Waals surface area contributed by atoms with Gasteiger partial charge in [-0.25, -0.2) is 14.6 Å². The van der Waals surface area contributed by atoms with Crippen molar-refractivity contribution in [1.82, 2.24) is 34.5 Å². The summed E-state index contributed by atoms with van der Waals surface area (Å²) in [5.41, 5.74) is 9.37. The number of benzene rings is 2. The molecule has 166 valence electrons. The molecule has 0 fully saturated rings. The van der Waals surface area contributed by atoms with E-state index < -0.39 is 0 Å². The van der Waals surface area contributed by atoms with Gasteiger partial charge in [-0.05, 0) is 29.7 Å². The first-order valence-electron chi connectivity index (χ1n) is 10.5. The highest BCUT2D eigenvalue weighted by molar-refractivity contribution is 6.35. The van der Waals surface area contributed by atoms with E-state index in [9.17, 15) is 4.79 Å². The molecule has 0 bridgehead atoms. The van der Waals surface area contributed by atoms with E-state index >= 15 is 0 Å². The number of rotatable bonds is 4. The number of anilines is 1. The molecule has 0 saturated heterocycles. The molecule has 6 rings (SSSR count). The number of aromatic nitrogens is 7. The minimum absolute atomic E-state index is 0.204. The summed E-state index contributed by atoms with van der Waals surface area (Å²) in [5, 5.41) is 13.9. The molecular weight excluding hydrogens is 452 g/mol. The lowest BCUT2D eigenvalue weighted by atomic mass is 10.1. The molecule has 6 aromatic rings. The van der Waals surface area contributed by atoms with Crippen molar-refractivity contribution in [2.24, 2.45) is 0 Å². The van der Waals surface area contributed by atoms with E-state index in [1.165, 1.54) is 6.33 Å². The first-order chi connectivity index (χ1) is 16.6. The van der Waals surface area contributed by atoms with Crippen LogP contribution in [0.1, 0.15) is 5.69 Å². The van der Waals surface area contributed by atoms with Crippen molar-refractivity contribution in [3.05, 3.63) is 94.4 Å². The first-order valence-corrected chi connectivity index (χ1v) is 10.8. The highest BCUT2D eigenvalue weighted by Crippen LogP contribution is 2.30. The molecule has 3 N–H and O–H groups in total. The topological polar surface area (TPSA) is 120 Å². The van der Waals surface area contributed by atoms with Crippen LogP contribution in [-0.4, -0.2) is 34.5 Å². The molecule has 0 aliphatic carbocycles. The van der Waals surface area contributed by atoms with Crippen LogP contribution in [0.2, 0.25) is 5.02 Å². The Kier molecular flexibility index (Phi) is 4.63. The first kappa shape index (κ1) is 20.1. The molecule has 0 aliphatic rings. The fraction of sp³-hybridized carbons (Fsp3) is 0.0417. The molecule has 0 radical (unpaired) electrons. The average Bonchev–Trinajstić information content (AvgIpc) is 3.49. The van der Waals surface area contributed by atoms with E-state index in [2.05, 4.69) is 20.2 Å². The third-order valence-electron chi connectivity index (χ3n) is 5.73. The zero-order valence-corrected chi connectivity index (χ0v) is 18.4. The Hall–Kier alpha value is -4.50. The van der Waals surface area contributed by atoms with Crippen LogP contribution in [0.25, 0.3) is 38.8 Å². The highest BCUT2D eigenvalue weighted by atomic mass is 35.5. The molecule has 2 aromatic carbocycles. The van der Waals surface area contributed by atoms with Crippen LogP contribution in [0.5, 0.6) is 0 Å². The van der Waals surface area contributed by atoms with Crippen molar-refractivity contribution in [3.8, 4) is 16.9 Å². The number of nitrogens with one attached hydrogen (secondary N) is 1. The summed E-state index contributed by atoms with van der Waals surface area (Å²) in [5.74, 6) is 0.318. The number of nitrogen functional groups attached to an aromatic ring is 1. The molecule has 0 amide bonds. The number of H-pyrrole nitrogens is 1. The van der Waals surface area contributed by atoms with Gasteiger partial charge in [0, 0.05) is 23.1 Å². The maximum absolute atomic E-state index is 13.7. The second-order valence-electron chi connectivity index (χ2n) is 7.77. The number of hydrogen-bond acceptors (Lipinski definition) is 6. The van der Waals surface area contributed by atoms with Gasteiger partial charge in [0.1, 0.15) is 17.8 Å². The average molecular weight is 469 g/mol. The van der Waals surface area contributed by atoms with E-state index in [4.69, 9.17) is 22.4 Å². The third-order valence-corrected chi connectivity index (χ3v) is 6.04. The Bertz CT molecular complexity index is 1720. The molecule has 4 aromatic heterocycles. The minimum Gasteiger partial charge on any atom is -0.383 e. The largest absolute Gasteiger partial charge is 0.383 e. The van der Waals surface area contributed by atoms with Crippen molar-refractivity contribution < 1.29 is 0 Å². The fourth-order valence-corrected chi connectivity index (χ4v) is 4.49. The van der Waals surface area contributed by atoms with Gasteiger partial charge in [-0.3, -0.25) is 14.5 Å². The van der Waals surface area contributed by atoms with Gasteiger partial charge in [0.2, 0.25) is 0 Å². The summed E-state index contributed by atoms with van der Waals surface area (Å²) in [4.78, 5) is 22.2. The number of aromatic amines is 1. The Labute approximate surface area is 197 Å². The number of nitrogens with zero attached hydrogens (tertiary/aromatic N) is 6. The lowest BCUT2D eigenvalue weighted by molar-refractivity contribution is 0.672. The molecule has 0 unspecified atom stereocenters. The Balaban J connectivity index is 1.62. The van der Waals surface area contributed by atoms with Crippen LogP contribution in [0, 0.1) is 0 Å². The molecule has 0 saturated carbocycles. The standard InChI is InChI=1S/C24H17ClN8O/c25-18-8-4-5-14-9-17(33(24(34)19(14)18)16-6-2-1-3-7-16)12-32-23-20(22(26)27-13-28-23)21(31-32)15-10-29-30-11-15/h1-11,13H,12H2,(H,29,30)(H2,26,27,28). The maximum Gasteiger partial charge on any atom is 0.264 e. The Morgan fingerprint density at radius 2 is 1.88 bits per heavy atom. The van der Waals surface area contributed by atoms with Gasteiger partial charge in [-0.2, -0.15) is 10.2 Å². The SMILES string of the molecule is Nc1ncnc2c1c(-c1cn[nH]c1)nn2Cc1cc2cccc(Cl)c2c(=O)n1-c1ccccc1. The normalized spacial score (nSPS) is 11.4. The van der Waals surface area contributed by atoms with E-state index in [0.29, 0.717) is 38.6 Å². The van der Waals surface area contributed by atoms with Gasteiger partial charge in [-0.1, -0.05) is 41.9 Å². The van der Waals surface area contributed by atoms with Crippen LogP contribution in [-0.2, 0) is 6.54 Å². The zero-order valence-electron chi connectivity index (χ0n) is 17.7. The zero-order chi connectivity index (χ0) is 23.2. The number of nitrogens with two attached hydrogens (primary N) is 1. The summed E-state index contributed by atoms with van der Waals surface area (Å²) in [6, 6.07) is 16.8. The maximum atomic E-state index is 13.7. The van der Waals surface area contributed by atoms with Crippen molar-refractivity contribution in [1.29, 1.82) is 0 Å². The quantitative estimate of drug-likeness (QED) is 0.406. The smallest absolute Gasteiger partial charge is 0.264 e. The van der Waals surface area contributed by atoms with Crippen molar-refractivity contribution in [2.75, 3.05) is 5.73 Å². The second kappa shape index (κ2) is 7.82. The third kappa shape index (κ3) is 3.13. The van der Waals surface area contributed by atoms with Gasteiger partial charge in [0.05, 0.1) is 28.5 Å². The molecule has 0 spiro atoms. The number of hydrogen-bond donors (Lipinski definition) is 2. The van der Waals surface area contributed by atoms with Gasteiger partial charge < -0.3 is 5.73 Å². The summed E-state index contributed by atoms with van der Waals surface area (Å²) < 4.78 is 3.38. The van der Waals surface area contributed by atoms with Crippen LogP contribution in [0.15, 0.2) is 78.1 Å². The summed E-state index contributed by atoms with van der Waals surface area (Å²) in [6.07, 6.45) is 4.80. The van der Waals surface area contributed by atoms with E-state index in [1.54, 1.807) is 27.7 Å². The van der Waals surface area contributed by atoms with Gasteiger partial charge in [0.15, 0.2) is 5.65 Å². The van der Waals surface area contributed by atoms with Crippen molar-refractivity contribution >= 4 is 39.2 Å². The number of halogens is 1. The van der Waals surface area contributed by atoms with E-state index in [-0.39, 0.29) is 12.1 Å². The molecule has 10 heteroatoms. The number of pyridine rings is 1. The monoisotopic (exact) mass is 468 g/mol. The second-order valence-corrected chi connectivity index (χ2v) is 8.17. The predicted molar refractivity (Wildman–Crippen MR) is 131 cm³/mol. The molecule has 34 heavy (non-hydrogen) atoms. The molecule has 4 heterocycles. The Morgan fingerprint density at radius 1 is 1.03 bits per heavy atom. The summed E-state index contributed by atoms with van der Waals surface area (Å²) in [7, 11) is 0. The number of para-hydroxylation sites is 1. The fourth-order valence-electron chi connectivity index (χ4n) is 4.23. The minimum atomic E-state index is -0.204. The molecule has 0 aliphatic heterocycles. The molecule has 0 atom stereocenters. The Morgan fingerprint density at radius 3 is 2.68 bits per heavy atom. The van der Waals surface area contributed by atoms with E-state index in [0.717, 1.165) is 16.6 Å². The van der Waals surface area contributed by atoms with Crippen molar-refractivity contribution in [3.63, 3.8) is 0 Å². The van der Waals surface area contributed by atoms with Crippen LogP contribution >= 0.6 is 11.6 Å². The van der Waals surface area contributed by atoms with Gasteiger partial charge in [0.25, 0.3) is 5.56 Å². The lowest BCUT2D eigenvalue weighted by Crippen LogP contribution is -2.24. The van der Waals surface area contributed by atoms with Crippen LogP contribution in [0.3, 0.4) is 0 Å². The lowest BCUT2D eigenvalue weighted by Gasteiger charge is -2.15. The molecule has 9 nitrogen and oxygen atoms in total. The predicted octanol–water partition coefficient (Wildman–Crippen LogP) is 3.80. The molecular formula is C24H17ClN8O. The van der Waals surface area contributed by atoms with Crippen LogP contribution in [0.4, 0.5) is 5.82 Å². The van der Waals surface area contributed by atoms with Gasteiger partial charge in [-0.15, -0.1) is 0 Å². The van der Waals surface area contributed by atoms with Crippen LogP contribution < -0.4 is 11.3 Å². The summed E-state index contributed by atoms with van der Waals surface area (Å²) in [6.45, 7) is 0.261.